The van der Waals surface area contributed by atoms with Crippen LogP contribution in [0.15, 0.2) is 47.7 Å². The highest BCUT2D eigenvalue weighted by atomic mass is 127. The van der Waals surface area contributed by atoms with E-state index in [-0.39, 0.29) is 24.0 Å². The topological polar surface area (TPSA) is 66.7 Å². The average Bonchev–Trinajstić information content (AvgIpc) is 3.18. The number of guanidine groups is 1. The van der Waals surface area contributed by atoms with Gasteiger partial charge in [-0.25, -0.2) is 4.99 Å². The Hall–Kier alpha value is -1.65. The third-order valence-corrected chi connectivity index (χ3v) is 4.69. The molecule has 8 heteroatoms. The van der Waals surface area contributed by atoms with E-state index in [0.29, 0.717) is 6.54 Å². The number of hydrogen-bond donors (Lipinski definition) is 2. The van der Waals surface area contributed by atoms with Crippen LogP contribution in [-0.4, -0.2) is 66.6 Å². The molecular weight excluding hydrogens is 479 g/mol. The van der Waals surface area contributed by atoms with Gasteiger partial charge >= 0.3 is 0 Å². The molecule has 0 saturated carbocycles. The summed E-state index contributed by atoms with van der Waals surface area (Å²) in [5.74, 6) is 0.861. The van der Waals surface area contributed by atoms with Gasteiger partial charge in [0.25, 0.3) is 0 Å². The van der Waals surface area contributed by atoms with Crippen molar-refractivity contribution < 1.29 is 4.74 Å². The Balaban J connectivity index is 0.00000300. The SMILES string of the molecule is CCNC(=NCc1cnn(Cc2ccccc2)c1)NCCCN1CCOCC1.I. The summed E-state index contributed by atoms with van der Waals surface area (Å²) >= 11 is 0. The molecule has 1 aliphatic heterocycles. The molecular formula is C21H33IN6O. The lowest BCUT2D eigenvalue weighted by molar-refractivity contribution is 0.0376. The van der Waals surface area contributed by atoms with Gasteiger partial charge in [-0.2, -0.15) is 5.10 Å². The van der Waals surface area contributed by atoms with Gasteiger partial charge in [-0.3, -0.25) is 9.58 Å². The predicted molar refractivity (Wildman–Crippen MR) is 128 cm³/mol. The largest absolute Gasteiger partial charge is 0.379 e. The second kappa shape index (κ2) is 13.6. The highest BCUT2D eigenvalue weighted by Crippen LogP contribution is 2.05. The molecule has 2 aromatic rings. The molecule has 1 saturated heterocycles. The molecule has 0 spiro atoms. The first-order valence-electron chi connectivity index (χ1n) is 10.2. The zero-order valence-corrected chi connectivity index (χ0v) is 19.5. The minimum atomic E-state index is 0. The minimum Gasteiger partial charge on any atom is -0.379 e. The fraction of sp³-hybridized carbons (Fsp3) is 0.524. The lowest BCUT2D eigenvalue weighted by Crippen LogP contribution is -2.40. The molecule has 7 nitrogen and oxygen atoms in total. The Morgan fingerprint density at radius 2 is 1.93 bits per heavy atom. The lowest BCUT2D eigenvalue weighted by Gasteiger charge is -2.26. The van der Waals surface area contributed by atoms with E-state index in [0.717, 1.165) is 70.4 Å². The molecule has 2 heterocycles. The summed E-state index contributed by atoms with van der Waals surface area (Å²) in [7, 11) is 0. The average molecular weight is 512 g/mol. The van der Waals surface area contributed by atoms with Crippen LogP contribution in [-0.2, 0) is 17.8 Å². The minimum absolute atomic E-state index is 0. The van der Waals surface area contributed by atoms with E-state index in [1.807, 2.05) is 16.9 Å². The van der Waals surface area contributed by atoms with Crippen LogP contribution in [0.25, 0.3) is 0 Å². The number of halogens is 1. The third-order valence-electron chi connectivity index (χ3n) is 4.69. The van der Waals surface area contributed by atoms with E-state index < -0.39 is 0 Å². The van der Waals surface area contributed by atoms with Gasteiger partial charge in [0.15, 0.2) is 5.96 Å². The summed E-state index contributed by atoms with van der Waals surface area (Å²) in [4.78, 5) is 7.15. The summed E-state index contributed by atoms with van der Waals surface area (Å²) in [6.07, 6.45) is 5.06. The molecule has 0 amide bonds. The molecule has 0 aliphatic carbocycles. The van der Waals surface area contributed by atoms with Gasteiger partial charge < -0.3 is 15.4 Å². The monoisotopic (exact) mass is 512 g/mol. The third kappa shape index (κ3) is 8.71. The summed E-state index contributed by atoms with van der Waals surface area (Å²) in [5.41, 5.74) is 2.36. The second-order valence-corrected chi connectivity index (χ2v) is 6.96. The van der Waals surface area contributed by atoms with Gasteiger partial charge in [0.05, 0.1) is 32.5 Å². The first-order chi connectivity index (χ1) is 13.8. The summed E-state index contributed by atoms with van der Waals surface area (Å²) in [6.45, 7) is 10.1. The van der Waals surface area contributed by atoms with E-state index in [1.165, 1.54) is 5.56 Å². The number of nitrogens with zero attached hydrogens (tertiary/aromatic N) is 4. The van der Waals surface area contributed by atoms with Gasteiger partial charge in [0, 0.05) is 37.9 Å². The molecule has 0 atom stereocenters. The van der Waals surface area contributed by atoms with Crippen molar-refractivity contribution in [3.63, 3.8) is 0 Å². The molecule has 2 N–H and O–H groups in total. The lowest BCUT2D eigenvalue weighted by atomic mass is 10.2. The van der Waals surface area contributed by atoms with Crippen LogP contribution in [0.3, 0.4) is 0 Å². The maximum absolute atomic E-state index is 5.39. The van der Waals surface area contributed by atoms with Crippen molar-refractivity contribution in [2.45, 2.75) is 26.4 Å². The first-order valence-corrected chi connectivity index (χ1v) is 10.2. The number of morpholine rings is 1. The van der Waals surface area contributed by atoms with E-state index in [4.69, 9.17) is 9.73 Å². The number of aliphatic imine (C=N–C) groups is 1. The molecule has 1 aromatic carbocycles. The zero-order chi connectivity index (χ0) is 19.4. The number of ether oxygens (including phenoxy) is 1. The zero-order valence-electron chi connectivity index (χ0n) is 17.2. The van der Waals surface area contributed by atoms with Crippen molar-refractivity contribution in [1.29, 1.82) is 0 Å². The van der Waals surface area contributed by atoms with E-state index in [9.17, 15) is 0 Å². The summed E-state index contributed by atoms with van der Waals surface area (Å²) in [6, 6.07) is 10.4. The van der Waals surface area contributed by atoms with Crippen molar-refractivity contribution in [2.75, 3.05) is 45.9 Å². The van der Waals surface area contributed by atoms with E-state index >= 15 is 0 Å². The number of aromatic nitrogens is 2. The van der Waals surface area contributed by atoms with E-state index in [1.54, 1.807) is 0 Å². The van der Waals surface area contributed by atoms with Crippen LogP contribution in [0.1, 0.15) is 24.5 Å². The molecule has 0 unspecified atom stereocenters. The van der Waals surface area contributed by atoms with Gasteiger partial charge in [-0.15, -0.1) is 24.0 Å². The van der Waals surface area contributed by atoms with Gasteiger partial charge in [-0.05, 0) is 25.5 Å². The normalized spacial score (nSPS) is 15.0. The Kier molecular flexibility index (Phi) is 11.0. The molecule has 29 heavy (non-hydrogen) atoms. The van der Waals surface area contributed by atoms with Gasteiger partial charge in [0.2, 0.25) is 0 Å². The molecule has 1 aromatic heterocycles. The van der Waals surface area contributed by atoms with Crippen molar-refractivity contribution in [3.05, 3.63) is 53.9 Å². The summed E-state index contributed by atoms with van der Waals surface area (Å²) < 4.78 is 7.35. The quantitative estimate of drug-likeness (QED) is 0.234. The molecule has 1 aliphatic rings. The molecule has 0 bridgehead atoms. The first kappa shape index (κ1) is 23.6. The van der Waals surface area contributed by atoms with Crippen LogP contribution < -0.4 is 10.6 Å². The molecule has 0 radical (unpaired) electrons. The van der Waals surface area contributed by atoms with Gasteiger partial charge in [-0.1, -0.05) is 30.3 Å². The number of hydrogen-bond acceptors (Lipinski definition) is 4. The second-order valence-electron chi connectivity index (χ2n) is 6.96. The van der Waals surface area contributed by atoms with Crippen LogP contribution in [0.5, 0.6) is 0 Å². The highest BCUT2D eigenvalue weighted by Gasteiger charge is 2.09. The maximum Gasteiger partial charge on any atom is 0.191 e. The molecule has 1 fully saturated rings. The van der Waals surface area contributed by atoms with Crippen molar-refractivity contribution in [1.82, 2.24) is 25.3 Å². The van der Waals surface area contributed by atoms with Crippen molar-refractivity contribution >= 4 is 29.9 Å². The number of benzene rings is 1. The van der Waals surface area contributed by atoms with E-state index in [2.05, 4.69) is 58.0 Å². The van der Waals surface area contributed by atoms with Crippen molar-refractivity contribution in [3.8, 4) is 0 Å². The highest BCUT2D eigenvalue weighted by molar-refractivity contribution is 14.0. The fourth-order valence-electron chi connectivity index (χ4n) is 3.19. The standard InChI is InChI=1S/C21H32N6O.HI/c1-2-22-21(23-9-6-10-26-11-13-28-14-12-26)24-15-20-16-25-27(18-20)17-19-7-4-3-5-8-19;/h3-5,7-8,16,18H,2,6,9-15,17H2,1H3,(H2,22,23,24);1H. The van der Waals surface area contributed by atoms with Crippen LogP contribution >= 0.6 is 24.0 Å². The Morgan fingerprint density at radius 1 is 1.14 bits per heavy atom. The van der Waals surface area contributed by atoms with Crippen LogP contribution in [0.2, 0.25) is 0 Å². The predicted octanol–water partition coefficient (Wildman–Crippen LogP) is 2.33. The smallest absolute Gasteiger partial charge is 0.191 e. The Labute approximate surface area is 190 Å². The summed E-state index contributed by atoms with van der Waals surface area (Å²) in [5, 5.41) is 11.2. The van der Waals surface area contributed by atoms with Crippen LogP contribution in [0, 0.1) is 0 Å². The van der Waals surface area contributed by atoms with Crippen molar-refractivity contribution in [2.24, 2.45) is 4.99 Å². The number of rotatable bonds is 9. The Morgan fingerprint density at radius 3 is 2.69 bits per heavy atom. The fourth-order valence-corrected chi connectivity index (χ4v) is 3.19. The molecule has 3 rings (SSSR count). The number of nitrogens with one attached hydrogen (secondary N) is 2. The Bertz CT molecular complexity index is 715. The van der Waals surface area contributed by atoms with Gasteiger partial charge in [0.1, 0.15) is 0 Å². The van der Waals surface area contributed by atoms with Crippen LogP contribution in [0.4, 0.5) is 0 Å². The maximum atomic E-state index is 5.39. The molecule has 160 valence electrons.